The van der Waals surface area contributed by atoms with Crippen LogP contribution >= 0.6 is 11.6 Å². The van der Waals surface area contributed by atoms with E-state index in [1.165, 1.54) is 0 Å². The maximum absolute atomic E-state index is 12.1. The fraction of sp³-hybridized carbons (Fsp3) is 0.200. The number of carbonyl (C=O) groups excluding carboxylic acids is 1. The number of hydrogen-bond donors (Lipinski definition) is 1. The number of nitrogens with one attached hydrogen (secondary N) is 1. The van der Waals surface area contributed by atoms with Crippen molar-refractivity contribution in [3.8, 4) is 0 Å². The zero-order valence-electron chi connectivity index (χ0n) is 12.4. The summed E-state index contributed by atoms with van der Waals surface area (Å²) in [7, 11) is -3.55. The molecule has 1 aromatic carbocycles. The number of sulfonamides is 1. The van der Waals surface area contributed by atoms with Crippen molar-refractivity contribution in [2.45, 2.75) is 6.54 Å². The summed E-state index contributed by atoms with van der Waals surface area (Å²) in [4.78, 5) is 16.2. The molecule has 2 rings (SSSR count). The van der Waals surface area contributed by atoms with Crippen LogP contribution < -0.4 is 5.32 Å². The van der Waals surface area contributed by atoms with E-state index in [0.29, 0.717) is 16.4 Å². The van der Waals surface area contributed by atoms with Gasteiger partial charge in [0.25, 0.3) is 0 Å². The molecule has 6 nitrogen and oxygen atoms in total. The minimum atomic E-state index is -3.55. The third kappa shape index (κ3) is 5.63. The third-order valence-corrected chi connectivity index (χ3v) is 4.43. The van der Waals surface area contributed by atoms with Crippen LogP contribution in [0.5, 0.6) is 0 Å². The van der Waals surface area contributed by atoms with Crippen molar-refractivity contribution in [3.05, 3.63) is 59.4 Å². The largest absolute Gasteiger partial charge is 0.325 e. The van der Waals surface area contributed by atoms with Crippen LogP contribution in [0.3, 0.4) is 0 Å². The second-order valence-electron chi connectivity index (χ2n) is 4.91. The molecule has 1 amide bonds. The fourth-order valence-corrected chi connectivity index (χ4v) is 2.70. The Morgan fingerprint density at radius 1 is 1.22 bits per heavy atom. The van der Waals surface area contributed by atoms with E-state index in [1.54, 1.807) is 48.7 Å². The number of benzene rings is 1. The van der Waals surface area contributed by atoms with E-state index < -0.39 is 15.9 Å². The smallest absolute Gasteiger partial charge is 0.239 e. The molecule has 8 heteroatoms. The van der Waals surface area contributed by atoms with Gasteiger partial charge in [0.2, 0.25) is 15.9 Å². The molecule has 0 aliphatic rings. The fourth-order valence-electron chi connectivity index (χ4n) is 1.86. The van der Waals surface area contributed by atoms with Crippen molar-refractivity contribution in [1.29, 1.82) is 0 Å². The Kier molecular flexibility index (Phi) is 5.70. The normalized spacial score (nSPS) is 11.4. The van der Waals surface area contributed by atoms with E-state index in [4.69, 9.17) is 11.6 Å². The van der Waals surface area contributed by atoms with Gasteiger partial charge in [-0.15, -0.1) is 0 Å². The number of rotatable bonds is 6. The van der Waals surface area contributed by atoms with Gasteiger partial charge in [0, 0.05) is 16.9 Å². The van der Waals surface area contributed by atoms with E-state index in [-0.39, 0.29) is 13.1 Å². The highest BCUT2D eigenvalue weighted by atomic mass is 35.5. The first-order valence-corrected chi connectivity index (χ1v) is 8.97. The van der Waals surface area contributed by atoms with E-state index >= 15 is 0 Å². The molecule has 2 aromatic rings. The highest BCUT2D eigenvalue weighted by Crippen LogP contribution is 2.14. The van der Waals surface area contributed by atoms with Gasteiger partial charge in [-0.1, -0.05) is 17.7 Å². The first-order valence-electron chi connectivity index (χ1n) is 6.75. The Balaban J connectivity index is 2.05. The lowest BCUT2D eigenvalue weighted by Crippen LogP contribution is -2.37. The summed E-state index contributed by atoms with van der Waals surface area (Å²) in [6, 6.07) is 11.8. The molecule has 1 N–H and O–H groups in total. The number of carbonyl (C=O) groups is 1. The molecule has 0 fully saturated rings. The van der Waals surface area contributed by atoms with Gasteiger partial charge >= 0.3 is 0 Å². The molecule has 1 aromatic heterocycles. The quantitative estimate of drug-likeness (QED) is 0.862. The summed E-state index contributed by atoms with van der Waals surface area (Å²) in [5.41, 5.74) is 1.11. The monoisotopic (exact) mass is 353 g/mol. The first-order chi connectivity index (χ1) is 10.8. The lowest BCUT2D eigenvalue weighted by Gasteiger charge is -2.19. The van der Waals surface area contributed by atoms with Crippen molar-refractivity contribution < 1.29 is 13.2 Å². The molecular formula is C15H16ClN3O3S. The molecule has 0 radical (unpaired) electrons. The number of halogens is 1. The third-order valence-electron chi connectivity index (χ3n) is 2.98. The van der Waals surface area contributed by atoms with Crippen molar-refractivity contribution >= 4 is 33.2 Å². The predicted molar refractivity (Wildman–Crippen MR) is 89.6 cm³/mol. The Labute approximate surface area is 140 Å². The van der Waals surface area contributed by atoms with Gasteiger partial charge in [-0.05, 0) is 36.4 Å². The van der Waals surface area contributed by atoms with Crippen molar-refractivity contribution in [2.24, 2.45) is 0 Å². The molecule has 0 spiro atoms. The highest BCUT2D eigenvalue weighted by molar-refractivity contribution is 7.88. The van der Waals surface area contributed by atoms with Crippen LogP contribution in [-0.4, -0.2) is 36.4 Å². The molecule has 0 unspecified atom stereocenters. The second kappa shape index (κ2) is 7.54. The molecular weight excluding hydrogens is 338 g/mol. The van der Waals surface area contributed by atoms with Gasteiger partial charge < -0.3 is 5.32 Å². The Bertz CT molecular complexity index is 764. The average molecular weight is 354 g/mol. The van der Waals surface area contributed by atoms with Crippen molar-refractivity contribution in [1.82, 2.24) is 9.29 Å². The SMILES string of the molecule is CS(=O)(=O)N(CC(=O)Nc1ccc(Cl)cc1)Cc1ccccn1. The van der Waals surface area contributed by atoms with E-state index in [9.17, 15) is 13.2 Å². The van der Waals surface area contributed by atoms with Gasteiger partial charge in [0.05, 0.1) is 25.0 Å². The Morgan fingerprint density at radius 3 is 2.48 bits per heavy atom. The molecule has 0 saturated carbocycles. The number of amides is 1. The minimum absolute atomic E-state index is 0.0354. The summed E-state index contributed by atoms with van der Waals surface area (Å²) in [6.45, 7) is -0.258. The molecule has 1 heterocycles. The summed E-state index contributed by atoms with van der Waals surface area (Å²) >= 11 is 5.78. The zero-order chi connectivity index (χ0) is 16.9. The minimum Gasteiger partial charge on any atom is -0.325 e. The van der Waals surface area contributed by atoms with Gasteiger partial charge in [0.1, 0.15) is 0 Å². The van der Waals surface area contributed by atoms with Crippen molar-refractivity contribution in [3.63, 3.8) is 0 Å². The Morgan fingerprint density at radius 2 is 1.91 bits per heavy atom. The van der Waals surface area contributed by atoms with Crippen LogP contribution in [-0.2, 0) is 21.4 Å². The predicted octanol–water partition coefficient (Wildman–Crippen LogP) is 2.14. The molecule has 0 aliphatic carbocycles. The van der Waals surface area contributed by atoms with Crippen LogP contribution in [0.4, 0.5) is 5.69 Å². The van der Waals surface area contributed by atoms with E-state index in [1.807, 2.05) is 0 Å². The van der Waals surface area contributed by atoms with E-state index in [0.717, 1.165) is 10.6 Å². The zero-order valence-corrected chi connectivity index (χ0v) is 14.0. The van der Waals surface area contributed by atoms with Crippen LogP contribution in [0, 0.1) is 0 Å². The van der Waals surface area contributed by atoms with Gasteiger partial charge in [-0.3, -0.25) is 9.78 Å². The van der Waals surface area contributed by atoms with E-state index in [2.05, 4.69) is 10.3 Å². The highest BCUT2D eigenvalue weighted by Gasteiger charge is 2.21. The molecule has 0 bridgehead atoms. The number of pyridine rings is 1. The molecule has 0 aliphatic heterocycles. The van der Waals surface area contributed by atoms with Crippen LogP contribution in [0.15, 0.2) is 48.7 Å². The van der Waals surface area contributed by atoms with Crippen LogP contribution in [0.1, 0.15) is 5.69 Å². The lowest BCUT2D eigenvalue weighted by atomic mass is 10.3. The summed E-state index contributed by atoms with van der Waals surface area (Å²) in [6.07, 6.45) is 2.63. The molecule has 23 heavy (non-hydrogen) atoms. The Hall–Kier alpha value is -1.96. The van der Waals surface area contributed by atoms with Crippen LogP contribution in [0.25, 0.3) is 0 Å². The van der Waals surface area contributed by atoms with Gasteiger partial charge in [-0.2, -0.15) is 4.31 Å². The first kappa shape index (κ1) is 17.4. The summed E-state index contributed by atoms with van der Waals surface area (Å²) < 4.78 is 24.8. The number of hydrogen-bond acceptors (Lipinski definition) is 4. The second-order valence-corrected chi connectivity index (χ2v) is 7.33. The molecule has 0 atom stereocenters. The standard InChI is InChI=1S/C15H16ClN3O3S/c1-23(21,22)19(10-14-4-2-3-9-17-14)11-15(20)18-13-7-5-12(16)6-8-13/h2-9H,10-11H2,1H3,(H,18,20). The van der Waals surface area contributed by atoms with Crippen molar-refractivity contribution in [2.75, 3.05) is 18.1 Å². The number of nitrogens with zero attached hydrogens (tertiary/aromatic N) is 2. The average Bonchev–Trinajstić information content (AvgIpc) is 2.49. The lowest BCUT2D eigenvalue weighted by molar-refractivity contribution is -0.116. The molecule has 122 valence electrons. The number of aromatic nitrogens is 1. The number of anilines is 1. The van der Waals surface area contributed by atoms with Gasteiger partial charge in [0.15, 0.2) is 0 Å². The maximum Gasteiger partial charge on any atom is 0.239 e. The summed E-state index contributed by atoms with van der Waals surface area (Å²) in [5.74, 6) is -0.436. The maximum atomic E-state index is 12.1. The van der Waals surface area contributed by atoms with Crippen LogP contribution in [0.2, 0.25) is 5.02 Å². The molecule has 0 saturated heterocycles. The van der Waals surface area contributed by atoms with Gasteiger partial charge in [-0.25, -0.2) is 8.42 Å². The topological polar surface area (TPSA) is 79.4 Å². The summed E-state index contributed by atoms with van der Waals surface area (Å²) in [5, 5.41) is 3.19.